The molecule has 0 bridgehead atoms. The molecular weight excluding hydrogens is 250 g/mol. The summed E-state index contributed by atoms with van der Waals surface area (Å²) < 4.78 is 5.20. The standard InChI is InChI=1S/C13H8ClN3O/c14-10-6-4-9(5-7-10)13-16-12(17-18-13)11-3-1-2-8-15-11/h1-8H. The Kier molecular flexibility index (Phi) is 2.78. The molecule has 5 heteroatoms. The molecule has 0 saturated heterocycles. The summed E-state index contributed by atoms with van der Waals surface area (Å²) >= 11 is 5.82. The van der Waals surface area contributed by atoms with Crippen LogP contribution in [0.2, 0.25) is 5.02 Å². The van der Waals surface area contributed by atoms with Crippen molar-refractivity contribution in [2.45, 2.75) is 0 Å². The lowest BCUT2D eigenvalue weighted by Gasteiger charge is -1.93. The summed E-state index contributed by atoms with van der Waals surface area (Å²) in [6.07, 6.45) is 1.69. The van der Waals surface area contributed by atoms with Crippen LogP contribution >= 0.6 is 11.6 Å². The summed E-state index contributed by atoms with van der Waals surface area (Å²) in [5.41, 5.74) is 1.51. The smallest absolute Gasteiger partial charge is 0.258 e. The summed E-state index contributed by atoms with van der Waals surface area (Å²) in [7, 11) is 0. The van der Waals surface area contributed by atoms with Crippen molar-refractivity contribution in [2.75, 3.05) is 0 Å². The SMILES string of the molecule is Clc1ccc(-c2nc(-c3ccccn3)no2)cc1. The van der Waals surface area contributed by atoms with Crippen LogP contribution in [-0.2, 0) is 0 Å². The molecule has 0 amide bonds. The maximum atomic E-state index is 5.82. The lowest BCUT2D eigenvalue weighted by molar-refractivity contribution is 0.432. The molecule has 0 fully saturated rings. The number of benzene rings is 1. The Balaban J connectivity index is 1.97. The Morgan fingerprint density at radius 1 is 1.00 bits per heavy atom. The molecule has 0 aliphatic heterocycles. The van der Waals surface area contributed by atoms with Crippen LogP contribution in [-0.4, -0.2) is 15.1 Å². The van der Waals surface area contributed by atoms with Crippen molar-refractivity contribution in [3.63, 3.8) is 0 Å². The molecule has 0 aliphatic carbocycles. The van der Waals surface area contributed by atoms with Crippen LogP contribution < -0.4 is 0 Å². The van der Waals surface area contributed by atoms with Crippen LogP contribution in [0.15, 0.2) is 53.2 Å². The van der Waals surface area contributed by atoms with Gasteiger partial charge in [-0.15, -0.1) is 0 Å². The van der Waals surface area contributed by atoms with Gasteiger partial charge in [-0.05, 0) is 36.4 Å². The minimum absolute atomic E-state index is 0.451. The Morgan fingerprint density at radius 3 is 2.56 bits per heavy atom. The van der Waals surface area contributed by atoms with Gasteiger partial charge in [0.05, 0.1) is 0 Å². The van der Waals surface area contributed by atoms with Gasteiger partial charge in [0.2, 0.25) is 5.82 Å². The molecule has 0 spiro atoms. The van der Waals surface area contributed by atoms with Crippen LogP contribution in [0.3, 0.4) is 0 Å². The maximum Gasteiger partial charge on any atom is 0.258 e. The number of hydrogen-bond acceptors (Lipinski definition) is 4. The van der Waals surface area contributed by atoms with Gasteiger partial charge in [0.1, 0.15) is 5.69 Å². The molecule has 88 valence electrons. The van der Waals surface area contributed by atoms with Crippen molar-refractivity contribution in [1.82, 2.24) is 15.1 Å². The molecule has 0 atom stereocenters. The lowest BCUT2D eigenvalue weighted by atomic mass is 10.2. The van der Waals surface area contributed by atoms with Crippen LogP contribution in [0.1, 0.15) is 0 Å². The highest BCUT2D eigenvalue weighted by Crippen LogP contribution is 2.22. The van der Waals surface area contributed by atoms with Crippen molar-refractivity contribution in [3.05, 3.63) is 53.7 Å². The highest BCUT2D eigenvalue weighted by Gasteiger charge is 2.10. The van der Waals surface area contributed by atoms with Crippen molar-refractivity contribution >= 4 is 11.6 Å². The third kappa shape index (κ3) is 2.10. The molecule has 4 nitrogen and oxygen atoms in total. The normalized spacial score (nSPS) is 10.5. The second-order valence-electron chi connectivity index (χ2n) is 3.65. The first-order chi connectivity index (χ1) is 8.83. The van der Waals surface area contributed by atoms with E-state index in [9.17, 15) is 0 Å². The van der Waals surface area contributed by atoms with Gasteiger partial charge in [0, 0.05) is 16.8 Å². The molecular formula is C13H8ClN3O. The predicted molar refractivity (Wildman–Crippen MR) is 68.0 cm³/mol. The van der Waals surface area contributed by atoms with Crippen LogP contribution in [0.5, 0.6) is 0 Å². The summed E-state index contributed by atoms with van der Waals surface area (Å²) in [5, 5.41) is 4.57. The average molecular weight is 258 g/mol. The van der Waals surface area contributed by atoms with E-state index in [1.54, 1.807) is 18.3 Å². The van der Waals surface area contributed by atoms with E-state index in [0.717, 1.165) is 5.56 Å². The molecule has 0 radical (unpaired) electrons. The zero-order chi connectivity index (χ0) is 12.4. The Bertz CT molecular complexity index is 650. The van der Waals surface area contributed by atoms with E-state index in [1.807, 2.05) is 30.3 Å². The van der Waals surface area contributed by atoms with Gasteiger partial charge >= 0.3 is 0 Å². The summed E-state index contributed by atoms with van der Waals surface area (Å²) in [4.78, 5) is 8.46. The van der Waals surface area contributed by atoms with Gasteiger partial charge in [-0.3, -0.25) is 4.98 Å². The number of pyridine rings is 1. The van der Waals surface area contributed by atoms with Gasteiger partial charge < -0.3 is 4.52 Å². The van der Waals surface area contributed by atoms with Crippen LogP contribution in [0.25, 0.3) is 23.0 Å². The first-order valence-corrected chi connectivity index (χ1v) is 5.72. The fourth-order valence-corrected chi connectivity index (χ4v) is 1.66. The predicted octanol–water partition coefficient (Wildman–Crippen LogP) is 3.45. The molecule has 2 heterocycles. The summed E-state index contributed by atoms with van der Waals surface area (Å²) in [6, 6.07) is 12.8. The van der Waals surface area contributed by atoms with Crippen LogP contribution in [0.4, 0.5) is 0 Å². The van der Waals surface area contributed by atoms with E-state index in [4.69, 9.17) is 16.1 Å². The number of aromatic nitrogens is 3. The fourth-order valence-electron chi connectivity index (χ4n) is 1.53. The van der Waals surface area contributed by atoms with Crippen molar-refractivity contribution in [2.24, 2.45) is 0 Å². The zero-order valence-electron chi connectivity index (χ0n) is 9.25. The van der Waals surface area contributed by atoms with E-state index >= 15 is 0 Å². The minimum Gasteiger partial charge on any atom is -0.334 e. The molecule has 0 aliphatic rings. The number of rotatable bonds is 2. The van der Waals surface area contributed by atoms with E-state index in [2.05, 4.69) is 15.1 Å². The van der Waals surface area contributed by atoms with Gasteiger partial charge in [0.15, 0.2) is 0 Å². The van der Waals surface area contributed by atoms with Crippen molar-refractivity contribution in [1.29, 1.82) is 0 Å². The van der Waals surface area contributed by atoms with Crippen molar-refractivity contribution < 1.29 is 4.52 Å². The Morgan fingerprint density at radius 2 is 1.83 bits per heavy atom. The average Bonchev–Trinajstić information content (AvgIpc) is 2.90. The molecule has 18 heavy (non-hydrogen) atoms. The van der Waals surface area contributed by atoms with Gasteiger partial charge in [-0.25, -0.2) is 0 Å². The third-order valence-corrected chi connectivity index (χ3v) is 2.66. The van der Waals surface area contributed by atoms with Gasteiger partial charge in [0.25, 0.3) is 5.89 Å². The highest BCUT2D eigenvalue weighted by atomic mass is 35.5. The monoisotopic (exact) mass is 257 g/mol. The van der Waals surface area contributed by atoms with E-state index in [0.29, 0.717) is 22.4 Å². The van der Waals surface area contributed by atoms with Crippen LogP contribution in [0, 0.1) is 0 Å². The van der Waals surface area contributed by atoms with Gasteiger partial charge in [-0.2, -0.15) is 4.98 Å². The number of hydrogen-bond donors (Lipinski definition) is 0. The maximum absolute atomic E-state index is 5.82. The summed E-state index contributed by atoms with van der Waals surface area (Å²) in [5.74, 6) is 0.924. The first kappa shape index (κ1) is 10.9. The molecule has 1 aromatic carbocycles. The molecule has 0 unspecified atom stereocenters. The Labute approximate surface area is 108 Å². The minimum atomic E-state index is 0.451. The zero-order valence-corrected chi connectivity index (χ0v) is 10.0. The van der Waals surface area contributed by atoms with E-state index < -0.39 is 0 Å². The van der Waals surface area contributed by atoms with Crippen molar-refractivity contribution in [3.8, 4) is 23.0 Å². The lowest BCUT2D eigenvalue weighted by Crippen LogP contribution is -1.84. The summed E-state index contributed by atoms with van der Waals surface area (Å²) in [6.45, 7) is 0. The fraction of sp³-hybridized carbons (Fsp3) is 0. The topological polar surface area (TPSA) is 51.8 Å². The first-order valence-electron chi connectivity index (χ1n) is 5.34. The number of halogens is 1. The molecule has 3 aromatic rings. The largest absolute Gasteiger partial charge is 0.334 e. The highest BCUT2D eigenvalue weighted by molar-refractivity contribution is 6.30. The second kappa shape index (κ2) is 4.58. The molecule has 0 N–H and O–H groups in total. The molecule has 3 rings (SSSR count). The second-order valence-corrected chi connectivity index (χ2v) is 4.08. The van der Waals surface area contributed by atoms with E-state index in [1.165, 1.54) is 0 Å². The number of nitrogens with zero attached hydrogens (tertiary/aromatic N) is 3. The third-order valence-electron chi connectivity index (χ3n) is 2.41. The molecule has 0 saturated carbocycles. The Hall–Kier alpha value is -2.20. The van der Waals surface area contributed by atoms with Gasteiger partial charge in [-0.1, -0.05) is 22.8 Å². The molecule has 2 aromatic heterocycles. The quantitative estimate of drug-likeness (QED) is 0.706. The van der Waals surface area contributed by atoms with E-state index in [-0.39, 0.29) is 0 Å².